The average molecular weight is 392 g/mol. The third-order valence-electron chi connectivity index (χ3n) is 4.59. The van der Waals surface area contributed by atoms with Crippen LogP contribution in [0.3, 0.4) is 0 Å². The molecule has 2 aliphatic heterocycles. The fraction of sp³-hybridized carbons (Fsp3) is 0.375. The van der Waals surface area contributed by atoms with Crippen LogP contribution < -0.4 is 10.6 Å². The fourth-order valence-electron chi connectivity index (χ4n) is 3.28. The number of hydrogen-bond acceptors (Lipinski definition) is 8. The molecule has 0 aliphatic carbocycles. The minimum Gasteiger partial charge on any atom is -0.374 e. The molecule has 136 valence electrons. The second kappa shape index (κ2) is 6.88. The average Bonchev–Trinajstić information content (AvgIpc) is 3.32. The Hall–Kier alpha value is -2.14. The van der Waals surface area contributed by atoms with E-state index in [9.17, 15) is 19.5 Å². The number of rotatable bonds is 4. The number of nitrogens with one attached hydrogen (secondary N) is 2. The molecule has 0 saturated carbocycles. The monoisotopic (exact) mass is 392 g/mol. The van der Waals surface area contributed by atoms with Gasteiger partial charge in [0.1, 0.15) is 6.23 Å². The maximum Gasteiger partial charge on any atom is 0.280 e. The van der Waals surface area contributed by atoms with E-state index in [2.05, 4.69) is 15.6 Å². The van der Waals surface area contributed by atoms with E-state index in [-0.39, 0.29) is 24.1 Å². The van der Waals surface area contributed by atoms with Crippen LogP contribution in [-0.4, -0.2) is 38.8 Å². The SMILES string of the molecule is O=C1CCC(N2Cc3c(csc3CNC(=O)c3nccs3)C2O)C(=O)N1. The molecule has 8 nitrogen and oxygen atoms in total. The highest BCUT2D eigenvalue weighted by Crippen LogP contribution is 2.40. The third kappa shape index (κ3) is 3.05. The molecule has 10 heteroatoms. The maximum absolute atomic E-state index is 12.1. The van der Waals surface area contributed by atoms with Crippen molar-refractivity contribution >= 4 is 40.4 Å². The Morgan fingerprint density at radius 3 is 3.00 bits per heavy atom. The van der Waals surface area contributed by atoms with Crippen molar-refractivity contribution in [1.29, 1.82) is 0 Å². The summed E-state index contributed by atoms with van der Waals surface area (Å²) in [6, 6.07) is -0.530. The number of amides is 3. The van der Waals surface area contributed by atoms with Crippen LogP contribution in [0.2, 0.25) is 0 Å². The standard InChI is InChI=1S/C16H16N4O4S2/c21-12-2-1-10(13(22)19-12)20-6-8-9(16(20)24)7-26-11(8)5-18-14(23)15-17-3-4-25-15/h3-4,7,10,16,24H,1-2,5-6H2,(H,18,23)(H,19,21,22). The van der Waals surface area contributed by atoms with E-state index in [4.69, 9.17) is 0 Å². The van der Waals surface area contributed by atoms with E-state index in [0.717, 1.165) is 16.0 Å². The molecule has 1 fully saturated rings. The number of thiophene rings is 1. The smallest absolute Gasteiger partial charge is 0.280 e. The molecular weight excluding hydrogens is 376 g/mol. The summed E-state index contributed by atoms with van der Waals surface area (Å²) in [4.78, 5) is 42.1. The number of aromatic nitrogens is 1. The molecule has 2 atom stereocenters. The molecule has 4 heterocycles. The van der Waals surface area contributed by atoms with E-state index in [1.165, 1.54) is 22.7 Å². The molecule has 0 aromatic carbocycles. The molecule has 0 spiro atoms. The number of aliphatic hydroxyl groups is 1. The normalized spacial score (nSPS) is 23.0. The molecule has 0 bridgehead atoms. The summed E-state index contributed by atoms with van der Waals surface area (Å²) < 4.78 is 0. The van der Waals surface area contributed by atoms with Crippen molar-refractivity contribution in [3.8, 4) is 0 Å². The van der Waals surface area contributed by atoms with Gasteiger partial charge in [-0.3, -0.25) is 24.6 Å². The van der Waals surface area contributed by atoms with Gasteiger partial charge in [0.05, 0.1) is 12.6 Å². The van der Waals surface area contributed by atoms with Gasteiger partial charge in [0.25, 0.3) is 5.91 Å². The number of aliphatic hydroxyl groups excluding tert-OH is 1. The highest BCUT2D eigenvalue weighted by atomic mass is 32.1. The minimum atomic E-state index is -0.881. The van der Waals surface area contributed by atoms with Crippen LogP contribution in [0.25, 0.3) is 0 Å². The van der Waals surface area contributed by atoms with E-state index >= 15 is 0 Å². The topological polar surface area (TPSA) is 112 Å². The molecule has 1 saturated heterocycles. The van der Waals surface area contributed by atoms with E-state index < -0.39 is 12.3 Å². The predicted octanol–water partition coefficient (Wildman–Crippen LogP) is 0.746. The first-order valence-electron chi connectivity index (χ1n) is 8.09. The number of piperidine rings is 1. The van der Waals surface area contributed by atoms with Crippen molar-refractivity contribution in [2.24, 2.45) is 0 Å². The molecule has 26 heavy (non-hydrogen) atoms. The summed E-state index contributed by atoms with van der Waals surface area (Å²) in [5.41, 5.74) is 1.70. The van der Waals surface area contributed by atoms with Crippen LogP contribution in [0.1, 0.15) is 44.9 Å². The number of hydrogen-bond donors (Lipinski definition) is 3. The van der Waals surface area contributed by atoms with Gasteiger partial charge in [0, 0.05) is 35.0 Å². The Morgan fingerprint density at radius 1 is 1.42 bits per heavy atom. The molecule has 2 aromatic rings. The van der Waals surface area contributed by atoms with Crippen molar-refractivity contribution in [2.75, 3.05) is 0 Å². The minimum absolute atomic E-state index is 0.234. The quantitative estimate of drug-likeness (QED) is 0.662. The second-order valence-corrected chi connectivity index (χ2v) is 7.98. The number of imide groups is 1. The van der Waals surface area contributed by atoms with Crippen molar-refractivity contribution < 1.29 is 19.5 Å². The fourth-order valence-corrected chi connectivity index (χ4v) is 4.85. The lowest BCUT2D eigenvalue weighted by molar-refractivity contribution is -0.141. The van der Waals surface area contributed by atoms with Crippen LogP contribution in [0.4, 0.5) is 0 Å². The molecule has 2 aliphatic rings. The Balaban J connectivity index is 1.46. The van der Waals surface area contributed by atoms with Gasteiger partial charge in [-0.05, 0) is 17.4 Å². The zero-order valence-electron chi connectivity index (χ0n) is 13.6. The van der Waals surface area contributed by atoms with Crippen molar-refractivity contribution in [3.05, 3.63) is 38.0 Å². The number of thiazole rings is 1. The first kappa shape index (κ1) is 17.3. The summed E-state index contributed by atoms with van der Waals surface area (Å²) in [6.07, 6.45) is 1.36. The predicted molar refractivity (Wildman–Crippen MR) is 94.3 cm³/mol. The highest BCUT2D eigenvalue weighted by molar-refractivity contribution is 7.11. The van der Waals surface area contributed by atoms with Gasteiger partial charge in [0.2, 0.25) is 11.8 Å². The molecule has 3 N–H and O–H groups in total. The van der Waals surface area contributed by atoms with Crippen molar-refractivity contribution in [1.82, 2.24) is 20.5 Å². The Bertz CT molecular complexity index is 864. The second-order valence-electron chi connectivity index (χ2n) is 6.13. The molecular formula is C16H16N4O4S2. The van der Waals surface area contributed by atoms with Crippen LogP contribution >= 0.6 is 22.7 Å². The lowest BCUT2D eigenvalue weighted by atomic mass is 10.0. The van der Waals surface area contributed by atoms with Crippen molar-refractivity contribution in [2.45, 2.75) is 38.2 Å². The van der Waals surface area contributed by atoms with Gasteiger partial charge in [-0.2, -0.15) is 0 Å². The van der Waals surface area contributed by atoms with Crippen molar-refractivity contribution in [3.63, 3.8) is 0 Å². The largest absolute Gasteiger partial charge is 0.374 e. The van der Waals surface area contributed by atoms with Gasteiger partial charge in [0.15, 0.2) is 5.01 Å². The highest BCUT2D eigenvalue weighted by Gasteiger charge is 2.41. The number of carbonyl (C=O) groups excluding carboxylic acids is 3. The van der Waals surface area contributed by atoms with Gasteiger partial charge < -0.3 is 10.4 Å². The van der Waals surface area contributed by atoms with Crippen LogP contribution in [0.5, 0.6) is 0 Å². The summed E-state index contributed by atoms with van der Waals surface area (Å²) >= 11 is 2.75. The summed E-state index contributed by atoms with van der Waals surface area (Å²) in [7, 11) is 0. The number of fused-ring (bicyclic) bond motifs is 1. The molecule has 4 rings (SSSR count). The molecule has 3 amide bonds. The summed E-state index contributed by atoms with van der Waals surface area (Å²) in [6.45, 7) is 0.753. The molecule has 0 radical (unpaired) electrons. The lowest BCUT2D eigenvalue weighted by Crippen LogP contribution is -2.51. The van der Waals surface area contributed by atoms with Gasteiger partial charge in [-0.1, -0.05) is 0 Å². The van der Waals surface area contributed by atoms with E-state index in [1.54, 1.807) is 16.5 Å². The first-order chi connectivity index (χ1) is 12.5. The lowest BCUT2D eigenvalue weighted by Gasteiger charge is -2.31. The van der Waals surface area contributed by atoms with Gasteiger partial charge in [-0.15, -0.1) is 22.7 Å². The maximum atomic E-state index is 12.1. The first-order valence-corrected chi connectivity index (χ1v) is 9.85. The third-order valence-corrected chi connectivity index (χ3v) is 6.41. The van der Waals surface area contributed by atoms with E-state index in [1.807, 2.05) is 5.38 Å². The molecule has 2 aromatic heterocycles. The summed E-state index contributed by atoms with van der Waals surface area (Å²) in [5.74, 6) is -0.879. The number of carbonyl (C=O) groups is 3. The van der Waals surface area contributed by atoms with E-state index in [0.29, 0.717) is 24.5 Å². The zero-order chi connectivity index (χ0) is 18.3. The van der Waals surface area contributed by atoms with Gasteiger partial charge in [-0.25, -0.2) is 4.98 Å². The Labute approximate surface area is 156 Å². The van der Waals surface area contributed by atoms with Crippen LogP contribution in [0, 0.1) is 0 Å². The van der Waals surface area contributed by atoms with Crippen LogP contribution in [0.15, 0.2) is 17.0 Å². The van der Waals surface area contributed by atoms with Crippen LogP contribution in [-0.2, 0) is 22.7 Å². The zero-order valence-corrected chi connectivity index (χ0v) is 15.2. The Morgan fingerprint density at radius 2 is 2.27 bits per heavy atom. The number of nitrogens with zero attached hydrogens (tertiary/aromatic N) is 2. The van der Waals surface area contributed by atoms with Gasteiger partial charge >= 0.3 is 0 Å². The Kier molecular flexibility index (Phi) is 4.57. The summed E-state index contributed by atoms with van der Waals surface area (Å²) in [5, 5.41) is 19.8. The molecule has 2 unspecified atom stereocenters.